The SMILES string of the molecule is Cc1cccc(C(=O)N2CCC(C(C)(C)S(=O)(=O)c3cccc(C(F)(F)F)c3)CC2)c1. The molecule has 1 saturated heterocycles. The first kappa shape index (κ1) is 23.3. The summed E-state index contributed by atoms with van der Waals surface area (Å²) in [6.07, 6.45) is -3.69. The Hall–Kier alpha value is -2.35. The Labute approximate surface area is 181 Å². The van der Waals surface area contributed by atoms with E-state index >= 15 is 0 Å². The number of halogens is 3. The van der Waals surface area contributed by atoms with Crippen molar-refractivity contribution in [3.8, 4) is 0 Å². The van der Waals surface area contributed by atoms with E-state index in [2.05, 4.69) is 0 Å². The summed E-state index contributed by atoms with van der Waals surface area (Å²) in [6.45, 7) is 5.83. The molecule has 0 N–H and O–H groups in total. The van der Waals surface area contributed by atoms with Crippen molar-refractivity contribution in [3.05, 3.63) is 65.2 Å². The number of rotatable bonds is 4. The van der Waals surface area contributed by atoms with Gasteiger partial charge in [0.25, 0.3) is 5.91 Å². The quantitative estimate of drug-likeness (QED) is 0.646. The number of benzene rings is 2. The van der Waals surface area contributed by atoms with Gasteiger partial charge >= 0.3 is 6.18 Å². The van der Waals surface area contributed by atoms with E-state index in [4.69, 9.17) is 0 Å². The molecule has 1 amide bonds. The fourth-order valence-electron chi connectivity index (χ4n) is 4.10. The number of carbonyl (C=O) groups is 1. The van der Waals surface area contributed by atoms with Crippen LogP contribution >= 0.6 is 0 Å². The number of amides is 1. The van der Waals surface area contributed by atoms with Crippen molar-refractivity contribution in [2.75, 3.05) is 13.1 Å². The van der Waals surface area contributed by atoms with Crippen LogP contribution in [0.2, 0.25) is 0 Å². The number of likely N-dealkylation sites (tertiary alicyclic amines) is 1. The third kappa shape index (κ3) is 4.63. The molecule has 1 aliphatic heterocycles. The first-order valence-corrected chi connectivity index (χ1v) is 11.6. The molecule has 1 heterocycles. The monoisotopic (exact) mass is 453 g/mol. The third-order valence-corrected chi connectivity index (χ3v) is 8.79. The van der Waals surface area contributed by atoms with Crippen molar-refractivity contribution < 1.29 is 26.4 Å². The lowest BCUT2D eigenvalue weighted by atomic mass is 9.85. The van der Waals surface area contributed by atoms with Crippen molar-refractivity contribution in [1.82, 2.24) is 4.90 Å². The van der Waals surface area contributed by atoms with Crippen molar-refractivity contribution >= 4 is 15.7 Å². The van der Waals surface area contributed by atoms with Crippen LogP contribution in [0.3, 0.4) is 0 Å². The summed E-state index contributed by atoms with van der Waals surface area (Å²) in [4.78, 5) is 14.1. The van der Waals surface area contributed by atoms with Crippen molar-refractivity contribution in [1.29, 1.82) is 0 Å². The summed E-state index contributed by atoms with van der Waals surface area (Å²) in [7, 11) is -4.02. The highest BCUT2D eigenvalue weighted by molar-refractivity contribution is 7.92. The summed E-state index contributed by atoms with van der Waals surface area (Å²) in [5, 5.41) is 0. The minimum atomic E-state index is -4.61. The van der Waals surface area contributed by atoms with Gasteiger partial charge in [-0.05, 0) is 69.9 Å². The summed E-state index contributed by atoms with van der Waals surface area (Å²) in [5.74, 6) is -0.380. The Bertz CT molecular complexity index is 1070. The number of sulfone groups is 1. The minimum absolute atomic E-state index is 0.0966. The highest BCUT2D eigenvalue weighted by Gasteiger charge is 2.45. The Morgan fingerprint density at radius 1 is 1.00 bits per heavy atom. The van der Waals surface area contributed by atoms with Gasteiger partial charge in [0.2, 0.25) is 0 Å². The molecule has 2 aromatic carbocycles. The molecule has 0 saturated carbocycles. The van der Waals surface area contributed by atoms with Crippen LogP contribution in [0.15, 0.2) is 53.4 Å². The van der Waals surface area contributed by atoms with Crippen LogP contribution < -0.4 is 0 Å². The van der Waals surface area contributed by atoms with Gasteiger partial charge in [-0.1, -0.05) is 23.8 Å². The van der Waals surface area contributed by atoms with Crippen LogP contribution in [0, 0.1) is 12.8 Å². The molecule has 31 heavy (non-hydrogen) atoms. The second-order valence-electron chi connectivity index (χ2n) is 8.57. The molecule has 4 nitrogen and oxygen atoms in total. The zero-order valence-corrected chi connectivity index (χ0v) is 18.6. The number of piperidine rings is 1. The van der Waals surface area contributed by atoms with E-state index in [-0.39, 0.29) is 16.7 Å². The van der Waals surface area contributed by atoms with E-state index in [1.165, 1.54) is 6.07 Å². The lowest BCUT2D eigenvalue weighted by Gasteiger charge is -2.40. The van der Waals surface area contributed by atoms with Gasteiger partial charge in [-0.15, -0.1) is 0 Å². The van der Waals surface area contributed by atoms with Crippen LogP contribution in [0.25, 0.3) is 0 Å². The van der Waals surface area contributed by atoms with Crippen LogP contribution in [-0.4, -0.2) is 37.1 Å². The second-order valence-corrected chi connectivity index (χ2v) is 11.1. The molecule has 0 bridgehead atoms. The van der Waals surface area contributed by atoms with Gasteiger partial charge in [-0.3, -0.25) is 4.79 Å². The van der Waals surface area contributed by atoms with E-state index < -0.39 is 26.3 Å². The van der Waals surface area contributed by atoms with E-state index in [9.17, 15) is 26.4 Å². The van der Waals surface area contributed by atoms with Gasteiger partial charge in [0, 0.05) is 18.7 Å². The van der Waals surface area contributed by atoms with E-state index in [1.54, 1.807) is 24.8 Å². The van der Waals surface area contributed by atoms with Crippen LogP contribution in [-0.2, 0) is 16.0 Å². The van der Waals surface area contributed by atoms with Crippen LogP contribution in [0.5, 0.6) is 0 Å². The number of aryl methyl sites for hydroxylation is 1. The average Bonchev–Trinajstić information content (AvgIpc) is 2.72. The summed E-state index contributed by atoms with van der Waals surface area (Å²) in [5.41, 5.74) is 0.589. The molecule has 168 valence electrons. The van der Waals surface area contributed by atoms with Crippen molar-refractivity contribution in [3.63, 3.8) is 0 Å². The van der Waals surface area contributed by atoms with E-state index in [0.717, 1.165) is 17.7 Å². The lowest BCUT2D eigenvalue weighted by Crippen LogP contribution is -2.47. The number of carbonyl (C=O) groups excluding carboxylic acids is 1. The average molecular weight is 454 g/mol. The molecule has 8 heteroatoms. The minimum Gasteiger partial charge on any atom is -0.339 e. The normalized spacial score (nSPS) is 16.4. The van der Waals surface area contributed by atoms with Gasteiger partial charge in [-0.2, -0.15) is 13.2 Å². The molecular formula is C23H26F3NO3S. The number of nitrogens with zero attached hydrogens (tertiary/aromatic N) is 1. The molecule has 1 fully saturated rings. The zero-order chi connectivity index (χ0) is 23.0. The van der Waals surface area contributed by atoms with Crippen LogP contribution in [0.1, 0.15) is 48.2 Å². The van der Waals surface area contributed by atoms with Crippen LogP contribution in [0.4, 0.5) is 13.2 Å². The topological polar surface area (TPSA) is 54.5 Å². The van der Waals surface area contributed by atoms with E-state index in [1.807, 2.05) is 25.1 Å². The Morgan fingerprint density at radius 3 is 2.19 bits per heavy atom. The third-order valence-electron chi connectivity index (χ3n) is 6.19. The molecule has 1 aliphatic rings. The highest BCUT2D eigenvalue weighted by atomic mass is 32.2. The molecule has 0 unspecified atom stereocenters. The summed E-state index contributed by atoms with van der Waals surface area (Å²) in [6, 6.07) is 11.2. The maximum Gasteiger partial charge on any atom is 0.416 e. The fraction of sp³-hybridized carbons (Fsp3) is 0.435. The number of hydrogen-bond donors (Lipinski definition) is 0. The van der Waals surface area contributed by atoms with Gasteiger partial charge < -0.3 is 4.90 Å². The second kappa shape index (κ2) is 8.30. The Morgan fingerprint density at radius 2 is 1.61 bits per heavy atom. The van der Waals surface area contributed by atoms with Gasteiger partial charge in [0.15, 0.2) is 9.84 Å². The molecule has 0 atom stereocenters. The molecule has 0 aliphatic carbocycles. The summed E-state index contributed by atoms with van der Waals surface area (Å²) >= 11 is 0. The molecule has 0 spiro atoms. The lowest BCUT2D eigenvalue weighted by molar-refractivity contribution is -0.137. The van der Waals surface area contributed by atoms with Gasteiger partial charge in [0.05, 0.1) is 15.2 Å². The Kier molecular flexibility index (Phi) is 6.24. The molecule has 3 rings (SSSR count). The first-order chi connectivity index (χ1) is 14.3. The first-order valence-electron chi connectivity index (χ1n) is 10.1. The highest BCUT2D eigenvalue weighted by Crippen LogP contribution is 2.39. The number of alkyl halides is 3. The van der Waals surface area contributed by atoms with Crippen molar-refractivity contribution in [2.24, 2.45) is 5.92 Å². The Balaban J connectivity index is 1.77. The van der Waals surface area contributed by atoms with E-state index in [0.29, 0.717) is 37.6 Å². The molecule has 0 aromatic heterocycles. The summed E-state index contributed by atoms with van der Waals surface area (Å²) < 4.78 is 64.4. The smallest absolute Gasteiger partial charge is 0.339 e. The number of hydrogen-bond acceptors (Lipinski definition) is 3. The maximum absolute atomic E-state index is 13.3. The molecular weight excluding hydrogens is 427 g/mol. The van der Waals surface area contributed by atoms with Gasteiger partial charge in [-0.25, -0.2) is 8.42 Å². The molecule has 0 radical (unpaired) electrons. The van der Waals surface area contributed by atoms with Crippen molar-refractivity contribution in [2.45, 2.75) is 49.4 Å². The van der Waals surface area contributed by atoms with Gasteiger partial charge in [0.1, 0.15) is 0 Å². The zero-order valence-electron chi connectivity index (χ0n) is 17.7. The molecule has 2 aromatic rings. The predicted octanol–water partition coefficient (Wildman–Crippen LogP) is 5.12. The maximum atomic E-state index is 13.3. The standard InChI is InChI=1S/C23H26F3NO3S/c1-16-6-4-7-17(14-16)21(28)27-12-10-18(11-13-27)22(2,3)31(29,30)20-9-5-8-19(15-20)23(24,25)26/h4-9,14-15,18H,10-13H2,1-3H3. The predicted molar refractivity (Wildman–Crippen MR) is 113 cm³/mol. The fourth-order valence-corrected chi connectivity index (χ4v) is 5.92. The largest absolute Gasteiger partial charge is 0.416 e.